The number of carbonyl (C=O) groups is 1. The van der Waals surface area contributed by atoms with Crippen LogP contribution >= 0.6 is 11.8 Å². The van der Waals surface area contributed by atoms with Gasteiger partial charge in [-0.2, -0.15) is 0 Å². The molecule has 30 heavy (non-hydrogen) atoms. The minimum absolute atomic E-state index is 0.143. The molecule has 1 saturated heterocycles. The van der Waals surface area contributed by atoms with E-state index in [-0.39, 0.29) is 17.8 Å². The van der Waals surface area contributed by atoms with Crippen LogP contribution in [-0.4, -0.2) is 44.0 Å². The Hall–Kier alpha value is -2.22. The monoisotopic (exact) mass is 431 g/mol. The number of likely N-dealkylation sites (tertiary alicyclic amines) is 1. The minimum Gasteiger partial charge on any atom is -0.485 e. The summed E-state index contributed by atoms with van der Waals surface area (Å²) >= 11 is 1.35. The quantitative estimate of drug-likeness (QED) is 0.529. The summed E-state index contributed by atoms with van der Waals surface area (Å²) in [7, 11) is 0. The number of carbonyl (C=O) groups excluding carboxylic acids is 1. The molecule has 1 fully saturated rings. The van der Waals surface area contributed by atoms with Crippen molar-refractivity contribution in [3.05, 3.63) is 35.2 Å². The smallest absolute Gasteiger partial charge is 0.235 e. The predicted octanol–water partition coefficient (Wildman–Crippen LogP) is 3.89. The lowest BCUT2D eigenvalue weighted by Gasteiger charge is -2.23. The molecule has 1 aliphatic rings. The van der Waals surface area contributed by atoms with Crippen LogP contribution in [0.15, 0.2) is 23.4 Å². The average molecular weight is 432 g/mol. The van der Waals surface area contributed by atoms with Crippen molar-refractivity contribution in [1.82, 2.24) is 19.8 Å². The largest absolute Gasteiger partial charge is 0.485 e. The first-order valence-electron chi connectivity index (χ1n) is 10.7. The van der Waals surface area contributed by atoms with Gasteiger partial charge in [-0.15, -0.1) is 10.2 Å². The molecule has 0 bridgehead atoms. The Kier molecular flexibility index (Phi) is 7.64. The van der Waals surface area contributed by atoms with Crippen molar-refractivity contribution in [3.8, 4) is 5.75 Å². The molecule has 1 aromatic carbocycles. The van der Waals surface area contributed by atoms with Gasteiger partial charge in [-0.3, -0.25) is 4.79 Å². The van der Waals surface area contributed by atoms with Crippen molar-refractivity contribution >= 4 is 17.7 Å². The maximum Gasteiger partial charge on any atom is 0.235 e. The molecule has 1 atom stereocenters. The van der Waals surface area contributed by atoms with Crippen LogP contribution in [0.2, 0.25) is 0 Å². The van der Waals surface area contributed by atoms with Crippen molar-refractivity contribution < 1.29 is 9.53 Å². The molecule has 0 aliphatic carbocycles. The lowest BCUT2D eigenvalue weighted by molar-refractivity contribution is -0.130. The number of nitrogens with zero attached hydrogens (tertiary/aromatic N) is 4. The maximum absolute atomic E-state index is 12.8. The normalized spacial score (nSPS) is 15.8. The number of thioether (sulfide) groups is 1. The summed E-state index contributed by atoms with van der Waals surface area (Å²) in [6.07, 6.45) is 4.56. The van der Waals surface area contributed by atoms with Gasteiger partial charge in [-0.1, -0.05) is 50.6 Å². The van der Waals surface area contributed by atoms with Gasteiger partial charge in [0, 0.05) is 13.1 Å². The van der Waals surface area contributed by atoms with E-state index in [0.717, 1.165) is 42.8 Å². The Morgan fingerprint density at radius 2 is 1.87 bits per heavy atom. The first kappa shape index (κ1) is 22.5. The molecule has 164 valence electrons. The molecule has 1 aliphatic heterocycles. The third-order valence-electron chi connectivity index (χ3n) is 5.43. The molecule has 2 heterocycles. The molecule has 1 amide bonds. The standard InChI is InChI=1S/C22H33N5O2S/c1-15(2)18-10-9-16(3)13-19(18)29-14-20-24-25-22(27(20)23)30-17(4)21(28)26-11-7-5-6-8-12-26/h9-10,13,15,17H,5-8,11-12,14,23H2,1-4H3. The van der Waals surface area contributed by atoms with Crippen molar-refractivity contribution in [2.75, 3.05) is 18.9 Å². The van der Waals surface area contributed by atoms with E-state index in [4.69, 9.17) is 10.6 Å². The van der Waals surface area contributed by atoms with Gasteiger partial charge in [-0.25, -0.2) is 4.68 Å². The van der Waals surface area contributed by atoms with Crippen molar-refractivity contribution in [2.45, 2.75) is 76.3 Å². The lowest BCUT2D eigenvalue weighted by atomic mass is 10.0. The van der Waals surface area contributed by atoms with Crippen molar-refractivity contribution in [1.29, 1.82) is 0 Å². The highest BCUT2D eigenvalue weighted by Crippen LogP contribution is 2.28. The highest BCUT2D eigenvalue weighted by Gasteiger charge is 2.24. The first-order chi connectivity index (χ1) is 14.4. The number of aromatic nitrogens is 3. The average Bonchev–Trinajstić information content (AvgIpc) is 2.91. The van der Waals surface area contributed by atoms with Gasteiger partial charge in [0.1, 0.15) is 12.4 Å². The van der Waals surface area contributed by atoms with Crippen LogP contribution in [0.25, 0.3) is 0 Å². The van der Waals surface area contributed by atoms with Gasteiger partial charge in [0.2, 0.25) is 11.1 Å². The van der Waals surface area contributed by atoms with Crippen LogP contribution in [0.4, 0.5) is 0 Å². The second-order valence-electron chi connectivity index (χ2n) is 8.25. The first-order valence-corrected chi connectivity index (χ1v) is 11.6. The fraction of sp³-hybridized carbons (Fsp3) is 0.591. The maximum atomic E-state index is 12.8. The molecule has 0 radical (unpaired) electrons. The highest BCUT2D eigenvalue weighted by atomic mass is 32.2. The molecule has 0 spiro atoms. The number of ether oxygens (including phenoxy) is 1. The molecule has 1 aromatic heterocycles. The van der Waals surface area contributed by atoms with Gasteiger partial charge >= 0.3 is 0 Å². The second kappa shape index (κ2) is 10.2. The van der Waals surface area contributed by atoms with Crippen LogP contribution in [0.3, 0.4) is 0 Å². The molecule has 0 saturated carbocycles. The molecule has 2 aromatic rings. The van der Waals surface area contributed by atoms with Gasteiger partial charge in [0.05, 0.1) is 5.25 Å². The van der Waals surface area contributed by atoms with E-state index in [9.17, 15) is 4.79 Å². The third kappa shape index (κ3) is 5.47. The summed E-state index contributed by atoms with van der Waals surface area (Å²) in [5, 5.41) is 8.64. The molecule has 7 nitrogen and oxygen atoms in total. The molecule has 8 heteroatoms. The fourth-order valence-corrected chi connectivity index (χ4v) is 4.50. The number of nitrogens with two attached hydrogens (primary N) is 1. The van der Waals surface area contributed by atoms with Crippen molar-refractivity contribution in [2.24, 2.45) is 0 Å². The number of amides is 1. The number of hydrogen-bond donors (Lipinski definition) is 1. The summed E-state index contributed by atoms with van der Waals surface area (Å²) in [6, 6.07) is 6.22. The summed E-state index contributed by atoms with van der Waals surface area (Å²) in [4.78, 5) is 14.8. The highest BCUT2D eigenvalue weighted by molar-refractivity contribution is 8.00. The SMILES string of the molecule is Cc1ccc(C(C)C)c(OCc2nnc(SC(C)C(=O)N3CCCCCC3)n2N)c1. The Morgan fingerprint density at radius 3 is 2.53 bits per heavy atom. The van der Waals surface area contributed by atoms with E-state index in [1.807, 2.05) is 24.8 Å². The van der Waals surface area contributed by atoms with Crippen molar-refractivity contribution in [3.63, 3.8) is 0 Å². The van der Waals surface area contributed by atoms with Crippen LogP contribution in [0.1, 0.15) is 69.3 Å². The molecule has 3 rings (SSSR count). The topological polar surface area (TPSA) is 86.3 Å². The van der Waals surface area contributed by atoms with E-state index in [1.165, 1.54) is 29.3 Å². The molecular formula is C22H33N5O2S. The zero-order chi connectivity index (χ0) is 21.7. The van der Waals surface area contributed by atoms with Crippen LogP contribution in [0.5, 0.6) is 5.75 Å². The second-order valence-corrected chi connectivity index (χ2v) is 9.56. The summed E-state index contributed by atoms with van der Waals surface area (Å²) in [5.41, 5.74) is 2.29. The number of benzene rings is 1. The van der Waals surface area contributed by atoms with Crippen LogP contribution < -0.4 is 10.6 Å². The lowest BCUT2D eigenvalue weighted by Crippen LogP contribution is -2.37. The van der Waals surface area contributed by atoms with E-state index in [0.29, 0.717) is 16.9 Å². The summed E-state index contributed by atoms with van der Waals surface area (Å²) < 4.78 is 7.47. The van der Waals surface area contributed by atoms with E-state index >= 15 is 0 Å². The fourth-order valence-electron chi connectivity index (χ4n) is 3.63. The van der Waals surface area contributed by atoms with E-state index in [2.05, 4.69) is 36.2 Å². The van der Waals surface area contributed by atoms with E-state index in [1.54, 1.807) is 0 Å². The van der Waals surface area contributed by atoms with Gasteiger partial charge in [0.15, 0.2) is 5.82 Å². The molecule has 1 unspecified atom stereocenters. The summed E-state index contributed by atoms with van der Waals surface area (Å²) in [6.45, 7) is 10.1. The Labute approximate surface area is 183 Å². The zero-order valence-electron chi connectivity index (χ0n) is 18.4. The zero-order valence-corrected chi connectivity index (χ0v) is 19.2. The Balaban J connectivity index is 1.63. The van der Waals surface area contributed by atoms with Crippen LogP contribution in [0, 0.1) is 6.92 Å². The van der Waals surface area contributed by atoms with Gasteiger partial charge < -0.3 is 15.5 Å². The number of hydrogen-bond acceptors (Lipinski definition) is 6. The van der Waals surface area contributed by atoms with Gasteiger partial charge in [-0.05, 0) is 49.8 Å². The Morgan fingerprint density at radius 1 is 1.17 bits per heavy atom. The summed E-state index contributed by atoms with van der Waals surface area (Å²) in [5.74, 6) is 8.08. The third-order valence-corrected chi connectivity index (χ3v) is 6.48. The predicted molar refractivity (Wildman–Crippen MR) is 120 cm³/mol. The van der Waals surface area contributed by atoms with Crippen LogP contribution in [-0.2, 0) is 11.4 Å². The minimum atomic E-state index is -0.257. The number of nitrogen functional groups attached to an aromatic ring is 1. The molecule has 2 N–H and O–H groups in total. The Bertz CT molecular complexity index is 859. The molecular weight excluding hydrogens is 398 g/mol. The number of rotatable bonds is 7. The number of aryl methyl sites for hydroxylation is 1. The van der Waals surface area contributed by atoms with E-state index < -0.39 is 0 Å². The van der Waals surface area contributed by atoms with Gasteiger partial charge in [0.25, 0.3) is 0 Å².